The van der Waals surface area contributed by atoms with E-state index in [1.54, 1.807) is 30.3 Å². The number of hydrogen-bond acceptors (Lipinski definition) is 4. The number of hydrogen-bond donors (Lipinski definition) is 3. The quantitative estimate of drug-likeness (QED) is 0.593. The molecule has 0 saturated carbocycles. The van der Waals surface area contributed by atoms with Crippen molar-refractivity contribution in [3.63, 3.8) is 0 Å². The van der Waals surface area contributed by atoms with Crippen LogP contribution in [-0.4, -0.2) is 13.0 Å². The Balaban J connectivity index is 2.32. The largest absolute Gasteiger partial charge is 0.497 e. The second kappa shape index (κ2) is 6.67. The van der Waals surface area contributed by atoms with Crippen molar-refractivity contribution in [3.05, 3.63) is 52.0 Å². The predicted molar refractivity (Wildman–Crippen MR) is 85.2 cm³/mol. The average molecular weight is 326 g/mol. The molecule has 7 heteroatoms. The molecule has 21 heavy (non-hydrogen) atoms. The third-order valence-electron chi connectivity index (χ3n) is 2.80. The first-order valence-electron chi connectivity index (χ1n) is 5.96. The van der Waals surface area contributed by atoms with E-state index in [9.17, 15) is 4.79 Å². The van der Waals surface area contributed by atoms with Crippen molar-refractivity contribution in [2.45, 2.75) is 0 Å². The van der Waals surface area contributed by atoms with E-state index in [4.69, 9.17) is 33.8 Å². The number of nitrogen functional groups attached to an aromatic ring is 1. The van der Waals surface area contributed by atoms with Crippen LogP contribution in [0.3, 0.4) is 0 Å². The van der Waals surface area contributed by atoms with Gasteiger partial charge in [-0.3, -0.25) is 10.6 Å². The van der Waals surface area contributed by atoms with Crippen molar-refractivity contribution in [1.29, 1.82) is 0 Å². The number of benzene rings is 2. The van der Waals surface area contributed by atoms with Crippen LogP contribution in [0.15, 0.2) is 36.4 Å². The summed E-state index contributed by atoms with van der Waals surface area (Å²) in [6, 6.07) is 9.72. The summed E-state index contributed by atoms with van der Waals surface area (Å²) in [4.78, 5) is 12.3. The normalized spacial score (nSPS) is 10.1. The van der Waals surface area contributed by atoms with Gasteiger partial charge in [0.15, 0.2) is 0 Å². The van der Waals surface area contributed by atoms with Gasteiger partial charge in [-0.1, -0.05) is 23.2 Å². The summed E-state index contributed by atoms with van der Waals surface area (Å²) in [6.45, 7) is 0. The lowest BCUT2D eigenvalue weighted by atomic mass is 10.1. The molecule has 2 aromatic rings. The van der Waals surface area contributed by atoms with Gasteiger partial charge < -0.3 is 15.5 Å². The van der Waals surface area contributed by atoms with Crippen molar-refractivity contribution >= 4 is 40.5 Å². The summed E-state index contributed by atoms with van der Waals surface area (Å²) < 4.78 is 5.10. The Labute approximate surface area is 132 Å². The molecule has 110 valence electrons. The molecule has 1 amide bonds. The number of amides is 1. The smallest absolute Gasteiger partial charge is 0.257 e. The van der Waals surface area contributed by atoms with Gasteiger partial charge in [-0.15, -0.1) is 0 Å². The second-order valence-electron chi connectivity index (χ2n) is 4.13. The Bertz CT molecular complexity index is 677. The van der Waals surface area contributed by atoms with Gasteiger partial charge in [0.05, 0.1) is 29.1 Å². The summed E-state index contributed by atoms with van der Waals surface area (Å²) in [5.74, 6) is 5.58. The number of rotatable bonds is 4. The van der Waals surface area contributed by atoms with E-state index in [2.05, 4.69) is 10.7 Å². The first-order chi connectivity index (χ1) is 10.0. The van der Waals surface area contributed by atoms with Crippen molar-refractivity contribution in [2.24, 2.45) is 5.84 Å². The van der Waals surface area contributed by atoms with E-state index in [0.717, 1.165) is 0 Å². The Morgan fingerprint density at radius 3 is 2.57 bits per heavy atom. The SMILES string of the molecule is COc1ccc(Cl)c(NC(=O)c2cc(Cl)ccc2NN)c1. The van der Waals surface area contributed by atoms with Gasteiger partial charge in [-0.2, -0.15) is 0 Å². The highest BCUT2D eigenvalue weighted by atomic mass is 35.5. The topological polar surface area (TPSA) is 76.4 Å². The Kier molecular flexibility index (Phi) is 4.90. The van der Waals surface area contributed by atoms with Crippen molar-refractivity contribution in [2.75, 3.05) is 17.9 Å². The van der Waals surface area contributed by atoms with E-state index >= 15 is 0 Å². The highest BCUT2D eigenvalue weighted by Gasteiger charge is 2.14. The van der Waals surface area contributed by atoms with Crippen LogP contribution in [0.25, 0.3) is 0 Å². The van der Waals surface area contributed by atoms with Gasteiger partial charge in [0.1, 0.15) is 5.75 Å². The molecule has 0 atom stereocenters. The van der Waals surface area contributed by atoms with Gasteiger partial charge in [-0.05, 0) is 30.3 Å². The van der Waals surface area contributed by atoms with E-state index in [0.29, 0.717) is 32.7 Å². The highest BCUT2D eigenvalue weighted by molar-refractivity contribution is 6.34. The van der Waals surface area contributed by atoms with Crippen LogP contribution in [0, 0.1) is 0 Å². The third kappa shape index (κ3) is 3.58. The van der Waals surface area contributed by atoms with Crippen molar-refractivity contribution in [1.82, 2.24) is 0 Å². The molecule has 0 aliphatic carbocycles. The lowest BCUT2D eigenvalue weighted by molar-refractivity contribution is 0.102. The molecule has 0 aromatic heterocycles. The molecule has 0 aliphatic rings. The molecule has 0 spiro atoms. The maximum absolute atomic E-state index is 12.3. The molecule has 2 aromatic carbocycles. The third-order valence-corrected chi connectivity index (χ3v) is 3.37. The van der Waals surface area contributed by atoms with Gasteiger partial charge in [0, 0.05) is 11.1 Å². The maximum atomic E-state index is 12.3. The average Bonchev–Trinajstić information content (AvgIpc) is 2.49. The molecular formula is C14H13Cl2N3O2. The van der Waals surface area contributed by atoms with E-state index in [1.807, 2.05) is 0 Å². The number of anilines is 2. The molecule has 4 N–H and O–H groups in total. The number of halogens is 2. The number of methoxy groups -OCH3 is 1. The summed E-state index contributed by atoms with van der Waals surface area (Å²) in [6.07, 6.45) is 0. The molecule has 0 saturated heterocycles. The number of carbonyl (C=O) groups excluding carboxylic acids is 1. The molecule has 0 aliphatic heterocycles. The Hall–Kier alpha value is -1.95. The first-order valence-corrected chi connectivity index (χ1v) is 6.72. The van der Waals surface area contributed by atoms with Crippen molar-refractivity contribution in [3.8, 4) is 5.75 Å². The molecule has 0 radical (unpaired) electrons. The van der Waals surface area contributed by atoms with Gasteiger partial charge in [0.2, 0.25) is 0 Å². The maximum Gasteiger partial charge on any atom is 0.257 e. The van der Waals surface area contributed by atoms with Crippen LogP contribution in [0.2, 0.25) is 10.0 Å². The van der Waals surface area contributed by atoms with Crippen LogP contribution >= 0.6 is 23.2 Å². The zero-order chi connectivity index (χ0) is 15.4. The highest BCUT2D eigenvalue weighted by Crippen LogP contribution is 2.28. The molecule has 0 bridgehead atoms. The molecular weight excluding hydrogens is 313 g/mol. The van der Waals surface area contributed by atoms with Crippen LogP contribution in [0.5, 0.6) is 5.75 Å². The fourth-order valence-corrected chi connectivity index (χ4v) is 2.08. The summed E-state index contributed by atoms with van der Waals surface area (Å²) in [5, 5.41) is 3.52. The minimum atomic E-state index is -0.388. The molecule has 5 nitrogen and oxygen atoms in total. The van der Waals surface area contributed by atoms with Crippen molar-refractivity contribution < 1.29 is 9.53 Å². The number of ether oxygens (including phenoxy) is 1. The van der Waals surface area contributed by atoms with Gasteiger partial charge in [0.25, 0.3) is 5.91 Å². The summed E-state index contributed by atoms with van der Waals surface area (Å²) >= 11 is 12.0. The lowest BCUT2D eigenvalue weighted by Gasteiger charge is -2.12. The van der Waals surface area contributed by atoms with Crippen LogP contribution in [0.1, 0.15) is 10.4 Å². The van der Waals surface area contributed by atoms with E-state index < -0.39 is 0 Å². The lowest BCUT2D eigenvalue weighted by Crippen LogP contribution is -2.17. The number of hydrazine groups is 1. The number of nitrogens with two attached hydrogens (primary N) is 1. The molecule has 0 fully saturated rings. The zero-order valence-electron chi connectivity index (χ0n) is 11.1. The fourth-order valence-electron chi connectivity index (χ4n) is 1.75. The first kappa shape index (κ1) is 15.4. The minimum Gasteiger partial charge on any atom is -0.497 e. The van der Waals surface area contributed by atoms with E-state index in [-0.39, 0.29) is 5.91 Å². The summed E-state index contributed by atoms with van der Waals surface area (Å²) in [7, 11) is 1.53. The van der Waals surface area contributed by atoms with Crippen LogP contribution in [-0.2, 0) is 0 Å². The van der Waals surface area contributed by atoms with Crippen LogP contribution in [0.4, 0.5) is 11.4 Å². The monoisotopic (exact) mass is 325 g/mol. The zero-order valence-corrected chi connectivity index (χ0v) is 12.6. The van der Waals surface area contributed by atoms with E-state index in [1.165, 1.54) is 13.2 Å². The number of nitrogens with one attached hydrogen (secondary N) is 2. The molecule has 0 unspecified atom stereocenters. The fraction of sp³-hybridized carbons (Fsp3) is 0.0714. The molecule has 0 heterocycles. The second-order valence-corrected chi connectivity index (χ2v) is 4.98. The van der Waals surface area contributed by atoms with Crippen LogP contribution < -0.4 is 21.3 Å². The standard InChI is InChI=1S/C14H13Cl2N3O2/c1-21-9-3-4-11(16)13(7-9)18-14(20)10-6-8(15)2-5-12(10)19-17/h2-7,19H,17H2,1H3,(H,18,20). The van der Waals surface area contributed by atoms with Gasteiger partial charge >= 0.3 is 0 Å². The minimum absolute atomic E-state index is 0.309. The number of carbonyl (C=O) groups is 1. The summed E-state index contributed by atoms with van der Waals surface area (Å²) in [5.41, 5.74) is 3.65. The Morgan fingerprint density at radius 1 is 1.14 bits per heavy atom. The predicted octanol–water partition coefficient (Wildman–Crippen LogP) is 3.54. The van der Waals surface area contributed by atoms with Gasteiger partial charge in [-0.25, -0.2) is 0 Å². The Morgan fingerprint density at radius 2 is 1.90 bits per heavy atom. The molecule has 2 rings (SSSR count).